The van der Waals surface area contributed by atoms with Crippen LogP contribution in [0.5, 0.6) is 0 Å². The van der Waals surface area contributed by atoms with E-state index >= 15 is 8.78 Å². The van der Waals surface area contributed by atoms with Crippen LogP contribution in [0.3, 0.4) is 0 Å². The van der Waals surface area contributed by atoms with Gasteiger partial charge in [0.05, 0.1) is 13.1 Å². The smallest absolute Gasteiger partial charge is 0.408 e. The molecule has 326 valence electrons. The summed E-state index contributed by atoms with van der Waals surface area (Å²) in [6.07, 6.45) is -4.93. The third-order valence-electron chi connectivity index (χ3n) is 10.1. The zero-order valence-corrected chi connectivity index (χ0v) is 33.9. The van der Waals surface area contributed by atoms with Crippen molar-refractivity contribution in [3.05, 3.63) is 130 Å². The van der Waals surface area contributed by atoms with Crippen molar-refractivity contribution >= 4 is 24.0 Å². The molecule has 4 amide bonds. The highest BCUT2D eigenvalue weighted by Crippen LogP contribution is 2.44. The summed E-state index contributed by atoms with van der Waals surface area (Å²) in [5.74, 6) is -14.2. The number of alkyl carbamates (subject to hydrolysis) is 1. The van der Waals surface area contributed by atoms with Gasteiger partial charge >= 0.3 is 12.2 Å². The van der Waals surface area contributed by atoms with Gasteiger partial charge in [-0.1, -0.05) is 78.9 Å². The van der Waals surface area contributed by atoms with Crippen LogP contribution < -0.4 is 10.6 Å². The number of nitrogens with zero attached hydrogens (tertiary/aromatic N) is 2. The Morgan fingerprint density at radius 3 is 1.75 bits per heavy atom. The fourth-order valence-electron chi connectivity index (χ4n) is 7.18. The molecule has 0 saturated heterocycles. The fourth-order valence-corrected chi connectivity index (χ4v) is 7.18. The quantitative estimate of drug-likeness (QED) is 0.0391. The molecule has 1 aliphatic carbocycles. The Morgan fingerprint density at radius 2 is 1.23 bits per heavy atom. The number of fused-ring (bicyclic) bond motifs is 3. The number of hydrogen-bond acceptors (Lipinski definition) is 7. The maximum absolute atomic E-state index is 15.2. The number of rotatable bonds is 19. The molecule has 5 rings (SSSR count). The van der Waals surface area contributed by atoms with Crippen LogP contribution in [-0.2, 0) is 36.8 Å². The van der Waals surface area contributed by atoms with E-state index in [1.807, 2.05) is 36.4 Å². The molecule has 4 aromatic rings. The van der Waals surface area contributed by atoms with Crippen LogP contribution in [0.2, 0.25) is 0 Å². The van der Waals surface area contributed by atoms with Gasteiger partial charge in [0, 0.05) is 43.7 Å². The molecule has 12 nitrogen and oxygen atoms in total. The van der Waals surface area contributed by atoms with Crippen molar-refractivity contribution in [2.24, 2.45) is 0 Å². The number of amides is 4. The summed E-state index contributed by atoms with van der Waals surface area (Å²) in [6.45, 7) is 5.29. The van der Waals surface area contributed by atoms with Gasteiger partial charge in [0.15, 0.2) is 29.6 Å². The molecular formula is C44H47F5N4O8. The lowest BCUT2D eigenvalue weighted by atomic mass is 9.96. The molecule has 0 saturated carbocycles. The first-order chi connectivity index (χ1) is 29.2. The second-order valence-corrected chi connectivity index (χ2v) is 14.4. The topological polar surface area (TPSA) is 147 Å². The molecule has 0 aliphatic heterocycles. The largest absolute Gasteiger partial charge is 0.465 e. The second kappa shape index (κ2) is 20.9. The predicted octanol–water partition coefficient (Wildman–Crippen LogP) is 7.13. The van der Waals surface area contributed by atoms with Crippen molar-refractivity contribution in [1.82, 2.24) is 20.4 Å². The van der Waals surface area contributed by atoms with E-state index in [0.717, 1.165) is 32.1 Å². The Labute approximate surface area is 349 Å². The van der Waals surface area contributed by atoms with E-state index in [1.54, 1.807) is 70.2 Å². The van der Waals surface area contributed by atoms with E-state index in [1.165, 1.54) is 0 Å². The number of carbonyl (C=O) groups excluding carboxylic acids is 3. The van der Waals surface area contributed by atoms with Crippen molar-refractivity contribution < 1.29 is 60.4 Å². The Bertz CT molecular complexity index is 2120. The summed E-state index contributed by atoms with van der Waals surface area (Å²) in [6, 6.07) is 18.7. The van der Waals surface area contributed by atoms with E-state index in [9.17, 15) is 37.5 Å². The first-order valence-corrected chi connectivity index (χ1v) is 19.6. The van der Waals surface area contributed by atoms with Gasteiger partial charge in [-0.05, 0) is 55.5 Å². The van der Waals surface area contributed by atoms with Crippen LogP contribution in [0.1, 0.15) is 55.9 Å². The van der Waals surface area contributed by atoms with E-state index in [2.05, 4.69) is 10.6 Å². The van der Waals surface area contributed by atoms with Gasteiger partial charge in [-0.2, -0.15) is 0 Å². The number of carbonyl (C=O) groups is 4. The molecule has 0 aromatic heterocycles. The summed E-state index contributed by atoms with van der Waals surface area (Å²) in [5.41, 5.74) is 2.55. The van der Waals surface area contributed by atoms with Crippen molar-refractivity contribution in [3.63, 3.8) is 0 Å². The van der Waals surface area contributed by atoms with Crippen LogP contribution in [-0.4, -0.2) is 96.2 Å². The minimum Gasteiger partial charge on any atom is -0.465 e. The third kappa shape index (κ3) is 11.0. The van der Waals surface area contributed by atoms with E-state index in [0.29, 0.717) is 5.56 Å². The van der Waals surface area contributed by atoms with Crippen molar-refractivity contribution in [2.75, 3.05) is 32.8 Å². The highest BCUT2D eigenvalue weighted by atomic mass is 19.2. The molecule has 0 spiro atoms. The molecule has 0 radical (unpaired) electrons. The Balaban J connectivity index is 1.52. The highest BCUT2D eigenvalue weighted by molar-refractivity contribution is 5.92. The molecule has 0 heterocycles. The first kappa shape index (κ1) is 46.0. The van der Waals surface area contributed by atoms with Gasteiger partial charge in [0.1, 0.15) is 18.7 Å². The van der Waals surface area contributed by atoms with Crippen LogP contribution in [0.15, 0.2) is 78.9 Å². The molecule has 4 aromatic carbocycles. The van der Waals surface area contributed by atoms with Crippen molar-refractivity contribution in [2.45, 2.75) is 71.1 Å². The summed E-state index contributed by atoms with van der Waals surface area (Å²) >= 11 is 0. The number of hydrogen-bond donors (Lipinski definition) is 3. The van der Waals surface area contributed by atoms with E-state index < -0.39 is 102 Å². The summed E-state index contributed by atoms with van der Waals surface area (Å²) in [7, 11) is 0. The summed E-state index contributed by atoms with van der Waals surface area (Å²) in [5, 5.41) is 15.2. The molecule has 61 heavy (non-hydrogen) atoms. The average Bonchev–Trinajstić information content (AvgIpc) is 3.56. The van der Waals surface area contributed by atoms with Gasteiger partial charge in [0.2, 0.25) is 17.6 Å². The fraction of sp³-hybridized carbons (Fsp3) is 0.364. The summed E-state index contributed by atoms with van der Waals surface area (Å²) < 4.78 is 90.0. The Kier molecular flexibility index (Phi) is 15.8. The molecule has 2 atom stereocenters. The van der Waals surface area contributed by atoms with E-state index in [-0.39, 0.29) is 32.9 Å². The van der Waals surface area contributed by atoms with Gasteiger partial charge < -0.3 is 39.8 Å². The monoisotopic (exact) mass is 854 g/mol. The number of benzene rings is 4. The van der Waals surface area contributed by atoms with Crippen molar-refractivity contribution in [1.29, 1.82) is 0 Å². The minimum atomic E-state index is -2.43. The third-order valence-corrected chi connectivity index (χ3v) is 10.1. The number of ether oxygens (including phenoxy) is 3. The maximum Gasteiger partial charge on any atom is 0.408 e. The van der Waals surface area contributed by atoms with Gasteiger partial charge in [0.25, 0.3) is 0 Å². The molecule has 0 fully saturated rings. The number of carboxylic acid groups (broad SMARTS) is 1. The van der Waals surface area contributed by atoms with E-state index in [4.69, 9.17) is 14.2 Å². The first-order valence-electron chi connectivity index (χ1n) is 19.6. The normalized spacial score (nSPS) is 13.0. The lowest BCUT2D eigenvalue weighted by Crippen LogP contribution is -2.59. The molecule has 1 aliphatic rings. The zero-order chi connectivity index (χ0) is 44.4. The number of halogens is 5. The Hall–Kier alpha value is -6.07. The van der Waals surface area contributed by atoms with Crippen LogP contribution >= 0.6 is 0 Å². The van der Waals surface area contributed by atoms with Gasteiger partial charge in [-0.25, -0.2) is 31.5 Å². The summed E-state index contributed by atoms with van der Waals surface area (Å²) in [4.78, 5) is 57.1. The van der Waals surface area contributed by atoms with Crippen LogP contribution in [0.25, 0.3) is 11.1 Å². The second-order valence-electron chi connectivity index (χ2n) is 14.4. The zero-order valence-electron chi connectivity index (χ0n) is 33.9. The van der Waals surface area contributed by atoms with Crippen LogP contribution in [0, 0.1) is 29.1 Å². The minimum absolute atomic E-state index is 0.154. The average molecular weight is 855 g/mol. The predicted molar refractivity (Wildman–Crippen MR) is 213 cm³/mol. The van der Waals surface area contributed by atoms with Crippen molar-refractivity contribution in [3.8, 4) is 11.1 Å². The Morgan fingerprint density at radius 1 is 0.705 bits per heavy atom. The molecule has 0 bridgehead atoms. The molecule has 2 unspecified atom stereocenters. The maximum atomic E-state index is 15.2. The molecule has 17 heteroatoms. The highest BCUT2D eigenvalue weighted by Gasteiger charge is 2.38. The van der Waals surface area contributed by atoms with Gasteiger partial charge in [-0.15, -0.1) is 0 Å². The molecular weight excluding hydrogens is 807 g/mol. The van der Waals surface area contributed by atoms with Crippen LogP contribution in [0.4, 0.5) is 31.5 Å². The van der Waals surface area contributed by atoms with Gasteiger partial charge in [-0.3, -0.25) is 9.59 Å². The lowest BCUT2D eigenvalue weighted by Gasteiger charge is -2.34. The number of nitrogens with one attached hydrogen (secondary N) is 2. The SMILES string of the molecule is CCOC(CN(C(=O)C(Cc1c(F)c(F)c(F)c(F)c1F)NC(=O)C(CN(CC1c2ccccc2-c2ccccc21)C(=O)O)NC(=O)OCc1ccccc1)C(C)C)OCC. The molecule has 3 N–H and O–H groups in total. The lowest BCUT2D eigenvalue weighted by molar-refractivity contribution is -0.163. The standard InChI is InChI=1S/C44H47F5N4O8/c1-5-59-35(60-6-2)23-53(25(3)4)42(55)33(20-31-36(45)38(47)40(49)39(48)37(31)46)50-41(54)34(51-43(56)61-24-26-14-8-7-9-15-26)22-52(44(57)58)21-32-29-18-12-10-16-27(29)28-17-11-13-19-30(28)32/h7-19,25,32-35H,5-6,20-24H2,1-4H3,(H,50,54)(H,51,56)(H,57,58).